The van der Waals surface area contributed by atoms with E-state index in [0.717, 1.165) is 12.8 Å². The number of aliphatic carboxylic acids is 1. The van der Waals surface area contributed by atoms with Crippen molar-refractivity contribution in [2.24, 2.45) is 0 Å². The SMILES string of the molecule is O=C(O)C1CCCCN1C(=O)CCS. The first-order valence-electron chi connectivity index (χ1n) is 4.80. The predicted molar refractivity (Wildman–Crippen MR) is 55.5 cm³/mol. The average Bonchev–Trinajstić information content (AvgIpc) is 2.18. The maximum absolute atomic E-state index is 11.5. The van der Waals surface area contributed by atoms with Crippen LogP contribution in [0, 0.1) is 0 Å². The minimum absolute atomic E-state index is 0.0906. The number of carbonyl (C=O) groups excluding carboxylic acids is 1. The maximum atomic E-state index is 11.5. The molecule has 1 rings (SSSR count). The van der Waals surface area contributed by atoms with Gasteiger partial charge in [0.25, 0.3) is 0 Å². The Morgan fingerprint density at radius 2 is 2.14 bits per heavy atom. The maximum Gasteiger partial charge on any atom is 0.326 e. The number of hydrogen-bond donors (Lipinski definition) is 2. The van der Waals surface area contributed by atoms with Crippen molar-refractivity contribution in [2.75, 3.05) is 12.3 Å². The molecule has 4 nitrogen and oxygen atoms in total. The van der Waals surface area contributed by atoms with Gasteiger partial charge < -0.3 is 10.0 Å². The van der Waals surface area contributed by atoms with E-state index in [1.54, 1.807) is 0 Å². The highest BCUT2D eigenvalue weighted by Gasteiger charge is 2.31. The molecule has 1 atom stereocenters. The second-order valence-electron chi connectivity index (χ2n) is 3.41. The van der Waals surface area contributed by atoms with Gasteiger partial charge >= 0.3 is 5.97 Å². The molecule has 1 unspecified atom stereocenters. The zero-order valence-electron chi connectivity index (χ0n) is 7.98. The van der Waals surface area contributed by atoms with Crippen LogP contribution in [-0.2, 0) is 9.59 Å². The summed E-state index contributed by atoms with van der Waals surface area (Å²) in [6.45, 7) is 0.573. The first kappa shape index (κ1) is 11.4. The molecular formula is C9H15NO3S. The summed E-state index contributed by atoms with van der Waals surface area (Å²) < 4.78 is 0. The van der Waals surface area contributed by atoms with E-state index in [-0.39, 0.29) is 5.91 Å². The molecule has 80 valence electrons. The molecule has 1 saturated heterocycles. The molecule has 1 fully saturated rings. The normalized spacial score (nSPS) is 22.1. The highest BCUT2D eigenvalue weighted by atomic mass is 32.1. The van der Waals surface area contributed by atoms with Crippen LogP contribution in [0.25, 0.3) is 0 Å². The zero-order chi connectivity index (χ0) is 10.6. The molecule has 1 N–H and O–H groups in total. The molecule has 5 heteroatoms. The Kier molecular flexibility index (Phi) is 4.25. The summed E-state index contributed by atoms with van der Waals surface area (Å²) in [5, 5.41) is 8.91. The molecule has 1 aliphatic rings. The highest BCUT2D eigenvalue weighted by Crippen LogP contribution is 2.18. The van der Waals surface area contributed by atoms with Crippen molar-refractivity contribution in [1.82, 2.24) is 4.90 Å². The first-order valence-corrected chi connectivity index (χ1v) is 5.43. The summed E-state index contributed by atoms with van der Waals surface area (Å²) in [4.78, 5) is 23.9. The number of rotatable bonds is 3. The van der Waals surface area contributed by atoms with Gasteiger partial charge in [-0.25, -0.2) is 4.79 Å². The lowest BCUT2D eigenvalue weighted by atomic mass is 10.0. The van der Waals surface area contributed by atoms with Crippen LogP contribution in [0.4, 0.5) is 0 Å². The van der Waals surface area contributed by atoms with Gasteiger partial charge in [-0.05, 0) is 25.0 Å². The summed E-state index contributed by atoms with van der Waals surface area (Å²) in [7, 11) is 0. The van der Waals surface area contributed by atoms with Crippen LogP contribution in [0.1, 0.15) is 25.7 Å². The first-order chi connectivity index (χ1) is 6.66. The van der Waals surface area contributed by atoms with Crippen molar-refractivity contribution in [3.63, 3.8) is 0 Å². The van der Waals surface area contributed by atoms with Gasteiger partial charge in [0.05, 0.1) is 0 Å². The second-order valence-corrected chi connectivity index (χ2v) is 3.86. The van der Waals surface area contributed by atoms with Gasteiger partial charge in [-0.3, -0.25) is 4.79 Å². The quantitative estimate of drug-likeness (QED) is 0.687. The van der Waals surface area contributed by atoms with Crippen molar-refractivity contribution >= 4 is 24.5 Å². The smallest absolute Gasteiger partial charge is 0.326 e. The average molecular weight is 217 g/mol. The van der Waals surface area contributed by atoms with Gasteiger partial charge in [-0.2, -0.15) is 12.6 Å². The molecule has 0 spiro atoms. The number of carboxylic acid groups (broad SMARTS) is 1. The standard InChI is InChI=1S/C9H15NO3S/c11-8(4-6-14)10-5-2-1-3-7(10)9(12)13/h7,14H,1-6H2,(H,12,13). The summed E-state index contributed by atoms with van der Waals surface area (Å²) in [5.41, 5.74) is 0. The van der Waals surface area contributed by atoms with Gasteiger partial charge in [0, 0.05) is 13.0 Å². The van der Waals surface area contributed by atoms with Crippen molar-refractivity contribution in [1.29, 1.82) is 0 Å². The van der Waals surface area contributed by atoms with Crippen LogP contribution in [0.2, 0.25) is 0 Å². The van der Waals surface area contributed by atoms with Crippen LogP contribution >= 0.6 is 12.6 Å². The Morgan fingerprint density at radius 1 is 1.43 bits per heavy atom. The molecule has 0 saturated carbocycles. The van der Waals surface area contributed by atoms with E-state index in [0.29, 0.717) is 25.1 Å². The van der Waals surface area contributed by atoms with Gasteiger partial charge in [-0.1, -0.05) is 0 Å². The van der Waals surface area contributed by atoms with E-state index in [4.69, 9.17) is 5.11 Å². The topological polar surface area (TPSA) is 57.6 Å². The molecule has 1 aliphatic heterocycles. The van der Waals surface area contributed by atoms with Crippen LogP contribution in [-0.4, -0.2) is 40.2 Å². The van der Waals surface area contributed by atoms with Crippen molar-refractivity contribution < 1.29 is 14.7 Å². The lowest BCUT2D eigenvalue weighted by Crippen LogP contribution is -2.48. The molecule has 0 radical (unpaired) electrons. The molecule has 1 heterocycles. The van der Waals surface area contributed by atoms with Crippen molar-refractivity contribution in [3.05, 3.63) is 0 Å². The molecule has 1 amide bonds. The Balaban J connectivity index is 2.62. The van der Waals surface area contributed by atoms with Gasteiger partial charge in [-0.15, -0.1) is 0 Å². The molecule has 14 heavy (non-hydrogen) atoms. The van der Waals surface area contributed by atoms with E-state index in [1.807, 2.05) is 0 Å². The zero-order valence-corrected chi connectivity index (χ0v) is 8.87. The fourth-order valence-electron chi connectivity index (χ4n) is 1.73. The van der Waals surface area contributed by atoms with E-state index < -0.39 is 12.0 Å². The number of piperidine rings is 1. The summed E-state index contributed by atoms with van der Waals surface area (Å²) in [6, 6.07) is -0.615. The van der Waals surface area contributed by atoms with Gasteiger partial charge in [0.2, 0.25) is 5.91 Å². The van der Waals surface area contributed by atoms with Crippen LogP contribution < -0.4 is 0 Å². The summed E-state index contributed by atoms with van der Waals surface area (Å²) >= 11 is 3.97. The number of carbonyl (C=O) groups is 2. The summed E-state index contributed by atoms with van der Waals surface area (Å²) in [5.74, 6) is -0.508. The largest absolute Gasteiger partial charge is 0.480 e. The minimum Gasteiger partial charge on any atom is -0.480 e. The number of amides is 1. The highest BCUT2D eigenvalue weighted by molar-refractivity contribution is 7.80. The molecule has 0 bridgehead atoms. The third-order valence-electron chi connectivity index (χ3n) is 2.43. The van der Waals surface area contributed by atoms with Crippen molar-refractivity contribution in [3.8, 4) is 0 Å². The van der Waals surface area contributed by atoms with Crippen LogP contribution in [0.5, 0.6) is 0 Å². The van der Waals surface area contributed by atoms with E-state index in [1.165, 1.54) is 4.90 Å². The Labute approximate surface area is 88.7 Å². The Morgan fingerprint density at radius 3 is 2.71 bits per heavy atom. The predicted octanol–water partition coefficient (Wildman–Crippen LogP) is 0.772. The minimum atomic E-state index is -0.891. The number of hydrogen-bond acceptors (Lipinski definition) is 3. The summed E-state index contributed by atoms with van der Waals surface area (Å²) in [6.07, 6.45) is 2.70. The number of thiol groups is 1. The Bertz CT molecular complexity index is 232. The fraction of sp³-hybridized carbons (Fsp3) is 0.778. The molecule has 0 aromatic heterocycles. The van der Waals surface area contributed by atoms with Gasteiger partial charge in [0.15, 0.2) is 0 Å². The van der Waals surface area contributed by atoms with E-state index in [9.17, 15) is 9.59 Å². The third-order valence-corrected chi connectivity index (χ3v) is 2.66. The second kappa shape index (κ2) is 5.24. The monoisotopic (exact) mass is 217 g/mol. The molecule has 0 aliphatic carbocycles. The Hall–Kier alpha value is -0.710. The number of carboxylic acids is 1. The number of nitrogens with zero attached hydrogens (tertiary/aromatic N) is 1. The lowest BCUT2D eigenvalue weighted by molar-refractivity contribution is -0.151. The molecule has 0 aromatic rings. The van der Waals surface area contributed by atoms with Gasteiger partial charge in [0.1, 0.15) is 6.04 Å². The van der Waals surface area contributed by atoms with Crippen LogP contribution in [0.15, 0.2) is 0 Å². The lowest BCUT2D eigenvalue weighted by Gasteiger charge is -2.32. The number of likely N-dealkylation sites (tertiary alicyclic amines) is 1. The third kappa shape index (κ3) is 2.64. The molecular weight excluding hydrogens is 202 g/mol. The van der Waals surface area contributed by atoms with Crippen LogP contribution in [0.3, 0.4) is 0 Å². The molecule has 0 aromatic carbocycles. The van der Waals surface area contributed by atoms with E-state index in [2.05, 4.69) is 12.6 Å². The van der Waals surface area contributed by atoms with Crippen molar-refractivity contribution in [2.45, 2.75) is 31.7 Å². The van der Waals surface area contributed by atoms with E-state index >= 15 is 0 Å². The fourth-order valence-corrected chi connectivity index (χ4v) is 1.92.